The van der Waals surface area contributed by atoms with Gasteiger partial charge in [0.1, 0.15) is 5.71 Å². The first kappa shape index (κ1) is 21.0. The Morgan fingerprint density at radius 3 is 2.04 bits per heavy atom. The summed E-state index contributed by atoms with van der Waals surface area (Å²) in [7, 11) is 3.98. The number of amidine groups is 2. The van der Waals surface area contributed by atoms with Gasteiger partial charge < -0.3 is 15.5 Å². The third-order valence-electron chi connectivity index (χ3n) is 2.93. The summed E-state index contributed by atoms with van der Waals surface area (Å²) in [5.74, 6) is 0. The van der Waals surface area contributed by atoms with Gasteiger partial charge in [-0.2, -0.15) is 5.10 Å². The van der Waals surface area contributed by atoms with Gasteiger partial charge in [-0.15, -0.1) is 40.6 Å². The summed E-state index contributed by atoms with van der Waals surface area (Å²) in [6.07, 6.45) is 1.54. The maximum absolute atomic E-state index is 4.22. The molecule has 0 atom stereocenters. The number of anilines is 1. The predicted octanol–water partition coefficient (Wildman–Crippen LogP) is 2.23. The van der Waals surface area contributed by atoms with Gasteiger partial charge in [0.2, 0.25) is 0 Å². The fraction of sp³-hybridized carbons (Fsp3) is 0.375. The van der Waals surface area contributed by atoms with Gasteiger partial charge in [-0.25, -0.2) is 0 Å². The smallest absolute Gasteiger partial charge is 0.180 e. The van der Waals surface area contributed by atoms with Crippen molar-refractivity contribution in [2.75, 3.05) is 32.1 Å². The molecule has 0 aliphatic heterocycles. The van der Waals surface area contributed by atoms with Gasteiger partial charge in [0.15, 0.2) is 10.3 Å². The molecule has 9 heteroatoms. The summed E-state index contributed by atoms with van der Waals surface area (Å²) in [5.41, 5.74) is 2.53. The molecule has 0 bridgehead atoms. The molecule has 0 radical (unpaired) electrons. The fourth-order valence-electron chi connectivity index (χ4n) is 1.71. The monoisotopic (exact) mass is 379 g/mol. The van der Waals surface area contributed by atoms with Crippen LogP contribution in [0.1, 0.15) is 19.4 Å². The van der Waals surface area contributed by atoms with Crippen molar-refractivity contribution < 1.29 is 0 Å². The molecule has 0 saturated heterocycles. The van der Waals surface area contributed by atoms with Crippen LogP contribution in [0.4, 0.5) is 5.69 Å². The van der Waals surface area contributed by atoms with E-state index >= 15 is 0 Å². The quantitative estimate of drug-likeness (QED) is 0.254. The van der Waals surface area contributed by atoms with E-state index in [0.717, 1.165) is 24.3 Å². The molecule has 2 N–H and O–H groups in total. The first-order valence-electron chi connectivity index (χ1n) is 7.88. The Labute approximate surface area is 160 Å². The normalized spacial score (nSPS) is 13.3. The van der Waals surface area contributed by atoms with Crippen LogP contribution in [-0.4, -0.2) is 49.4 Å². The van der Waals surface area contributed by atoms with E-state index in [1.807, 2.05) is 57.1 Å². The molecule has 7 nitrogen and oxygen atoms in total. The summed E-state index contributed by atoms with van der Waals surface area (Å²) in [6, 6.07) is 7.91. The summed E-state index contributed by atoms with van der Waals surface area (Å²) >= 11 is 8.40. The first-order valence-corrected chi connectivity index (χ1v) is 8.77. The second kappa shape index (κ2) is 11.5. The van der Waals surface area contributed by atoms with E-state index in [1.54, 1.807) is 0 Å². The summed E-state index contributed by atoms with van der Waals surface area (Å²) < 4.78 is 0. The number of nitrogens with zero attached hydrogens (tertiary/aromatic N) is 5. The van der Waals surface area contributed by atoms with Gasteiger partial charge in [0.05, 0.1) is 6.21 Å². The highest BCUT2D eigenvalue weighted by Gasteiger charge is 2.03. The predicted molar refractivity (Wildman–Crippen MR) is 116 cm³/mol. The Bertz CT molecular complexity index is 649. The number of thiol groups is 2. The van der Waals surface area contributed by atoms with Crippen LogP contribution in [-0.2, 0) is 0 Å². The zero-order chi connectivity index (χ0) is 18.7. The van der Waals surface area contributed by atoms with Crippen molar-refractivity contribution in [2.45, 2.75) is 13.8 Å². The molecule has 1 aromatic carbocycles. The maximum atomic E-state index is 4.22. The van der Waals surface area contributed by atoms with Gasteiger partial charge in [-0.3, -0.25) is 0 Å². The van der Waals surface area contributed by atoms with E-state index in [2.05, 4.69) is 56.3 Å². The lowest BCUT2D eigenvalue weighted by Crippen LogP contribution is -2.17. The van der Waals surface area contributed by atoms with Crippen LogP contribution < -0.4 is 15.5 Å². The Kier molecular flexibility index (Phi) is 9.71. The topological polar surface area (TPSA) is 76.7 Å². The summed E-state index contributed by atoms with van der Waals surface area (Å²) in [5, 5.41) is 23.0. The zero-order valence-electron chi connectivity index (χ0n) is 14.9. The van der Waals surface area contributed by atoms with Crippen LogP contribution in [0.5, 0.6) is 0 Å². The summed E-state index contributed by atoms with van der Waals surface area (Å²) in [6.45, 7) is 5.36. The van der Waals surface area contributed by atoms with Crippen LogP contribution in [0.25, 0.3) is 0 Å². The van der Waals surface area contributed by atoms with Crippen LogP contribution in [0.2, 0.25) is 0 Å². The van der Waals surface area contributed by atoms with E-state index < -0.39 is 0 Å². The van der Waals surface area contributed by atoms with Gasteiger partial charge in [0.25, 0.3) is 0 Å². The molecule has 136 valence electrons. The molecule has 0 aliphatic rings. The highest BCUT2D eigenvalue weighted by atomic mass is 32.1. The van der Waals surface area contributed by atoms with Crippen LogP contribution in [0.3, 0.4) is 0 Å². The lowest BCUT2D eigenvalue weighted by molar-refractivity contribution is 0.971. The van der Waals surface area contributed by atoms with Crippen molar-refractivity contribution in [3.63, 3.8) is 0 Å². The molecule has 25 heavy (non-hydrogen) atoms. The number of nitrogens with one attached hydrogen (secondary N) is 2. The SMILES string of the molecule is CCN/C(S)=N/N=C/C(=N/N=C(\S)NCC)c1ccc(N(C)C)cc1. The largest absolute Gasteiger partial charge is 0.378 e. The molecule has 0 unspecified atom stereocenters. The second-order valence-corrected chi connectivity index (χ2v) is 5.93. The van der Waals surface area contributed by atoms with E-state index in [0.29, 0.717) is 16.0 Å². The Hall–Kier alpha value is -2.00. The number of benzene rings is 1. The minimum atomic E-state index is 0.435. The van der Waals surface area contributed by atoms with E-state index in [1.165, 1.54) is 6.21 Å². The van der Waals surface area contributed by atoms with Crippen LogP contribution >= 0.6 is 25.3 Å². The molecule has 1 rings (SSSR count). The minimum Gasteiger partial charge on any atom is -0.378 e. The highest BCUT2D eigenvalue weighted by molar-refractivity contribution is 7.97. The molecule has 0 heterocycles. The number of hydrogen-bond acceptors (Lipinski definition) is 5. The second-order valence-electron chi connectivity index (χ2n) is 5.08. The number of hydrogen-bond donors (Lipinski definition) is 4. The molecule has 0 aliphatic carbocycles. The van der Waals surface area contributed by atoms with Gasteiger partial charge in [0, 0.05) is 38.4 Å². The van der Waals surface area contributed by atoms with Gasteiger partial charge in [-0.1, -0.05) is 12.1 Å². The molecular weight excluding hydrogens is 354 g/mol. The maximum Gasteiger partial charge on any atom is 0.180 e. The average molecular weight is 380 g/mol. The highest BCUT2D eigenvalue weighted by Crippen LogP contribution is 2.13. The fourth-order valence-corrected chi connectivity index (χ4v) is 2.13. The molecular formula is C16H25N7S2. The Balaban J connectivity index is 3.10. The third-order valence-corrected chi connectivity index (χ3v) is 3.43. The average Bonchev–Trinajstić information content (AvgIpc) is 2.58. The zero-order valence-corrected chi connectivity index (χ0v) is 16.7. The van der Waals surface area contributed by atoms with Gasteiger partial charge >= 0.3 is 0 Å². The van der Waals surface area contributed by atoms with E-state index in [4.69, 9.17) is 0 Å². The van der Waals surface area contributed by atoms with Crippen molar-refractivity contribution in [3.8, 4) is 0 Å². The van der Waals surface area contributed by atoms with Crippen molar-refractivity contribution in [3.05, 3.63) is 29.8 Å². The third kappa shape index (κ3) is 8.08. The summed E-state index contributed by atoms with van der Waals surface area (Å²) in [4.78, 5) is 2.03. The van der Waals surface area contributed by atoms with Crippen molar-refractivity contribution in [1.82, 2.24) is 10.6 Å². The van der Waals surface area contributed by atoms with Crippen LogP contribution in [0.15, 0.2) is 44.7 Å². The minimum absolute atomic E-state index is 0.435. The lowest BCUT2D eigenvalue weighted by atomic mass is 10.1. The molecule has 0 amide bonds. The number of rotatable bonds is 7. The first-order chi connectivity index (χ1) is 12.0. The van der Waals surface area contributed by atoms with E-state index in [9.17, 15) is 0 Å². The molecule has 0 fully saturated rings. The Morgan fingerprint density at radius 1 is 0.960 bits per heavy atom. The molecule has 0 saturated carbocycles. The van der Waals surface area contributed by atoms with Crippen molar-refractivity contribution in [2.24, 2.45) is 20.4 Å². The molecule has 0 spiro atoms. The molecule has 1 aromatic rings. The van der Waals surface area contributed by atoms with E-state index in [-0.39, 0.29) is 0 Å². The lowest BCUT2D eigenvalue weighted by Gasteiger charge is -2.12. The standard InChI is InChI=1S/C16H25N7S2/c1-5-17-15(24)21-19-11-14(20-22-16(25)18-6-2)12-7-9-13(10-8-12)23(3)4/h7-11H,5-6H2,1-4H3,(H2,17,21,24)(H2,18,22,25)/b19-11+,20-14-. The van der Waals surface area contributed by atoms with Gasteiger partial charge in [-0.05, 0) is 26.0 Å². The van der Waals surface area contributed by atoms with Crippen molar-refractivity contribution in [1.29, 1.82) is 0 Å². The van der Waals surface area contributed by atoms with Crippen molar-refractivity contribution >= 4 is 53.2 Å². The van der Waals surface area contributed by atoms with Crippen LogP contribution in [0, 0.1) is 0 Å². The molecule has 0 aromatic heterocycles. The Morgan fingerprint density at radius 2 is 1.52 bits per heavy atom.